The number of halogens is 1. The van der Waals surface area contributed by atoms with Gasteiger partial charge in [-0.15, -0.1) is 0 Å². The molecule has 25 heavy (non-hydrogen) atoms. The van der Waals surface area contributed by atoms with E-state index >= 15 is 0 Å². The van der Waals surface area contributed by atoms with Crippen LogP contribution in [0.4, 0.5) is 11.5 Å². The van der Waals surface area contributed by atoms with E-state index in [9.17, 15) is 5.11 Å². The molecule has 0 bridgehead atoms. The first-order valence-corrected chi connectivity index (χ1v) is 8.94. The first-order valence-electron chi connectivity index (χ1n) is 8.15. The standard InChI is InChI=1S/C19H26BrN3O2/c1-18(2,3)12-8-11(9-13(15(12)24)19(4,5)6)22-16-17(25-7)23-14(20)10-21-16/h8-10,24H,1-7H3,(H,21,22). The summed E-state index contributed by atoms with van der Waals surface area (Å²) in [4.78, 5) is 8.61. The fourth-order valence-corrected chi connectivity index (χ4v) is 2.83. The number of methoxy groups -OCH3 is 1. The monoisotopic (exact) mass is 407 g/mol. The number of phenols is 1. The summed E-state index contributed by atoms with van der Waals surface area (Å²) >= 11 is 3.29. The number of aromatic hydroxyl groups is 1. The van der Waals surface area contributed by atoms with Crippen LogP contribution in [0.1, 0.15) is 52.7 Å². The Morgan fingerprint density at radius 3 is 2.00 bits per heavy atom. The number of hydrogen-bond acceptors (Lipinski definition) is 5. The molecule has 0 aliphatic carbocycles. The molecule has 0 atom stereocenters. The number of hydrogen-bond donors (Lipinski definition) is 2. The number of nitrogens with zero attached hydrogens (tertiary/aromatic N) is 2. The lowest BCUT2D eigenvalue weighted by atomic mass is 9.79. The van der Waals surface area contributed by atoms with E-state index in [4.69, 9.17) is 4.74 Å². The third-order valence-corrected chi connectivity index (χ3v) is 4.28. The van der Waals surface area contributed by atoms with Gasteiger partial charge >= 0.3 is 0 Å². The van der Waals surface area contributed by atoms with Crippen LogP contribution in [0, 0.1) is 0 Å². The van der Waals surface area contributed by atoms with Gasteiger partial charge in [-0.1, -0.05) is 41.5 Å². The summed E-state index contributed by atoms with van der Waals surface area (Å²) < 4.78 is 5.90. The zero-order valence-corrected chi connectivity index (χ0v) is 17.4. The molecule has 0 aliphatic heterocycles. The van der Waals surface area contributed by atoms with Gasteiger partial charge < -0.3 is 15.2 Å². The molecule has 1 heterocycles. The molecule has 0 saturated carbocycles. The topological polar surface area (TPSA) is 67.3 Å². The zero-order chi connectivity index (χ0) is 19.0. The molecule has 136 valence electrons. The van der Waals surface area contributed by atoms with Gasteiger partial charge in [0.25, 0.3) is 5.88 Å². The molecule has 2 aromatic rings. The summed E-state index contributed by atoms with van der Waals surface area (Å²) in [6.07, 6.45) is 1.61. The van der Waals surface area contributed by atoms with E-state index in [1.165, 1.54) is 0 Å². The first kappa shape index (κ1) is 19.5. The van der Waals surface area contributed by atoms with Crippen molar-refractivity contribution in [3.05, 3.63) is 34.1 Å². The Bertz CT molecular complexity index is 742. The van der Waals surface area contributed by atoms with Crippen LogP contribution in [-0.4, -0.2) is 22.2 Å². The smallest absolute Gasteiger partial charge is 0.258 e. The van der Waals surface area contributed by atoms with Crippen molar-refractivity contribution >= 4 is 27.4 Å². The van der Waals surface area contributed by atoms with Crippen LogP contribution in [0.3, 0.4) is 0 Å². The van der Waals surface area contributed by atoms with Gasteiger partial charge in [-0.3, -0.25) is 0 Å². The molecule has 2 N–H and O–H groups in total. The average Bonchev–Trinajstić information content (AvgIpc) is 2.48. The highest BCUT2D eigenvalue weighted by Crippen LogP contribution is 2.41. The van der Waals surface area contributed by atoms with Gasteiger partial charge in [0.15, 0.2) is 5.82 Å². The maximum Gasteiger partial charge on any atom is 0.258 e. The summed E-state index contributed by atoms with van der Waals surface area (Å²) in [6.45, 7) is 12.5. The molecule has 0 saturated heterocycles. The van der Waals surface area contributed by atoms with E-state index in [1.807, 2.05) is 12.1 Å². The van der Waals surface area contributed by atoms with E-state index in [2.05, 4.69) is 72.8 Å². The predicted molar refractivity (Wildman–Crippen MR) is 105 cm³/mol. The number of benzene rings is 1. The number of aromatic nitrogens is 2. The van der Waals surface area contributed by atoms with Gasteiger partial charge in [0.2, 0.25) is 0 Å². The molecule has 1 aromatic carbocycles. The highest BCUT2D eigenvalue weighted by Gasteiger charge is 2.26. The quantitative estimate of drug-likeness (QED) is 0.676. The Hall–Kier alpha value is -1.82. The van der Waals surface area contributed by atoms with E-state index in [0.29, 0.717) is 22.1 Å². The van der Waals surface area contributed by atoms with Crippen LogP contribution in [0.25, 0.3) is 0 Å². The molecule has 0 radical (unpaired) electrons. The van der Waals surface area contributed by atoms with Crippen molar-refractivity contribution in [2.75, 3.05) is 12.4 Å². The summed E-state index contributed by atoms with van der Waals surface area (Å²) in [5.41, 5.74) is 2.20. The summed E-state index contributed by atoms with van der Waals surface area (Å²) in [5.74, 6) is 1.27. The molecule has 2 rings (SSSR count). The highest BCUT2D eigenvalue weighted by molar-refractivity contribution is 9.10. The number of nitrogens with one attached hydrogen (secondary N) is 1. The Labute approximate surface area is 158 Å². The maximum atomic E-state index is 10.8. The third kappa shape index (κ3) is 4.42. The second-order valence-electron chi connectivity index (χ2n) is 8.10. The predicted octanol–water partition coefficient (Wildman–Crippen LogP) is 5.29. The number of anilines is 2. The van der Waals surface area contributed by atoms with E-state index in [0.717, 1.165) is 16.8 Å². The molecule has 6 heteroatoms. The van der Waals surface area contributed by atoms with E-state index < -0.39 is 0 Å². The molecule has 0 fully saturated rings. The van der Waals surface area contributed by atoms with Gasteiger partial charge in [0.1, 0.15) is 10.4 Å². The minimum absolute atomic E-state index is 0.197. The molecular weight excluding hydrogens is 382 g/mol. The minimum atomic E-state index is -0.197. The Morgan fingerprint density at radius 1 is 1.04 bits per heavy atom. The second-order valence-corrected chi connectivity index (χ2v) is 8.91. The van der Waals surface area contributed by atoms with Crippen molar-refractivity contribution in [2.45, 2.75) is 52.4 Å². The van der Waals surface area contributed by atoms with Crippen molar-refractivity contribution in [3.63, 3.8) is 0 Å². The molecule has 0 amide bonds. The fourth-order valence-electron chi connectivity index (χ4n) is 2.57. The number of rotatable bonds is 3. The van der Waals surface area contributed by atoms with Crippen LogP contribution in [0.2, 0.25) is 0 Å². The van der Waals surface area contributed by atoms with Gasteiger partial charge in [-0.25, -0.2) is 9.97 Å². The third-order valence-electron chi connectivity index (χ3n) is 3.89. The van der Waals surface area contributed by atoms with E-state index in [1.54, 1.807) is 13.3 Å². The second kappa shape index (κ2) is 6.83. The maximum absolute atomic E-state index is 10.8. The van der Waals surface area contributed by atoms with Crippen molar-refractivity contribution in [1.82, 2.24) is 9.97 Å². The van der Waals surface area contributed by atoms with Crippen LogP contribution in [-0.2, 0) is 10.8 Å². The average molecular weight is 408 g/mol. The number of phenolic OH excluding ortho intramolecular Hbond substituents is 1. The van der Waals surface area contributed by atoms with Crippen LogP contribution >= 0.6 is 15.9 Å². The lowest BCUT2D eigenvalue weighted by molar-refractivity contribution is 0.397. The zero-order valence-electron chi connectivity index (χ0n) is 15.9. The van der Waals surface area contributed by atoms with Crippen molar-refractivity contribution in [3.8, 4) is 11.6 Å². The van der Waals surface area contributed by atoms with Crippen molar-refractivity contribution in [1.29, 1.82) is 0 Å². The molecule has 5 nitrogen and oxygen atoms in total. The summed E-state index contributed by atoms with van der Waals surface area (Å²) in [5, 5.41) is 14.1. The number of ether oxygens (including phenoxy) is 1. The van der Waals surface area contributed by atoms with Crippen LogP contribution in [0.15, 0.2) is 22.9 Å². The largest absolute Gasteiger partial charge is 0.507 e. The normalized spacial score (nSPS) is 12.2. The summed E-state index contributed by atoms with van der Waals surface area (Å²) in [6, 6.07) is 3.90. The lowest BCUT2D eigenvalue weighted by Crippen LogP contribution is -2.17. The Balaban J connectivity index is 2.59. The fraction of sp³-hybridized carbons (Fsp3) is 0.474. The van der Waals surface area contributed by atoms with E-state index in [-0.39, 0.29) is 10.8 Å². The van der Waals surface area contributed by atoms with Crippen molar-refractivity contribution < 1.29 is 9.84 Å². The molecule has 1 aromatic heterocycles. The SMILES string of the molecule is COc1nc(Br)cnc1Nc1cc(C(C)(C)C)c(O)c(C(C)(C)C)c1. The lowest BCUT2D eigenvalue weighted by Gasteiger charge is -2.28. The Morgan fingerprint density at radius 2 is 1.56 bits per heavy atom. The van der Waals surface area contributed by atoms with Crippen LogP contribution < -0.4 is 10.1 Å². The summed E-state index contributed by atoms with van der Waals surface area (Å²) in [7, 11) is 1.56. The highest BCUT2D eigenvalue weighted by atomic mass is 79.9. The minimum Gasteiger partial charge on any atom is -0.507 e. The van der Waals surface area contributed by atoms with Gasteiger partial charge in [-0.2, -0.15) is 0 Å². The van der Waals surface area contributed by atoms with Crippen LogP contribution in [0.5, 0.6) is 11.6 Å². The van der Waals surface area contributed by atoms with Gasteiger partial charge in [0.05, 0.1) is 13.3 Å². The van der Waals surface area contributed by atoms with Crippen molar-refractivity contribution in [2.24, 2.45) is 0 Å². The molecular formula is C19H26BrN3O2. The Kier molecular flexibility index (Phi) is 5.33. The first-order chi connectivity index (χ1) is 11.4. The molecule has 0 spiro atoms. The molecule has 0 aliphatic rings. The van der Waals surface area contributed by atoms with Gasteiger partial charge in [-0.05, 0) is 38.9 Å². The van der Waals surface area contributed by atoms with Gasteiger partial charge in [0, 0.05) is 16.8 Å². The molecule has 0 unspecified atom stereocenters.